The molecule has 0 unspecified atom stereocenters. The largest absolute Gasteiger partial charge is 0.425 e. The van der Waals surface area contributed by atoms with Crippen LogP contribution >= 0.6 is 7.60 Å². The van der Waals surface area contributed by atoms with Crippen LogP contribution in [-0.2, 0) is 18.4 Å². The summed E-state index contributed by atoms with van der Waals surface area (Å²) in [5.41, 5.74) is 0. The van der Waals surface area contributed by atoms with E-state index in [9.17, 15) is 9.36 Å². The fourth-order valence-corrected chi connectivity index (χ4v) is 3.76. The molecule has 1 rings (SSSR count). The number of esters is 1. The van der Waals surface area contributed by atoms with Gasteiger partial charge in [-0.05, 0) is 39.1 Å². The summed E-state index contributed by atoms with van der Waals surface area (Å²) < 4.78 is 29.0. The number of benzene rings is 1. The molecule has 0 aromatic heterocycles. The van der Waals surface area contributed by atoms with Gasteiger partial charge in [-0.1, -0.05) is 26.0 Å². The Bertz CT molecular complexity index is 535. The Balaban J connectivity index is 3.00. The third-order valence-electron chi connectivity index (χ3n) is 3.23. The number of hydrogen-bond acceptors (Lipinski definition) is 6. The Morgan fingerprint density at radius 3 is 2.13 bits per heavy atom. The molecule has 0 bridgehead atoms. The van der Waals surface area contributed by atoms with Gasteiger partial charge < -0.3 is 13.8 Å². The zero-order valence-electron chi connectivity index (χ0n) is 14.3. The maximum Gasteiger partial charge on any atom is 0.365 e. The minimum Gasteiger partial charge on any atom is -0.425 e. The molecule has 0 fully saturated rings. The Kier molecular flexibility index (Phi) is 8.48. The van der Waals surface area contributed by atoms with Gasteiger partial charge in [0.05, 0.1) is 19.8 Å². The van der Waals surface area contributed by atoms with Crippen LogP contribution in [0.2, 0.25) is 0 Å². The van der Waals surface area contributed by atoms with Gasteiger partial charge >= 0.3 is 13.6 Å². The SMILES string of the molecule is CCOP(=O)(OCC)c1ccccc1OC(=O)CN(CC)CC. The summed E-state index contributed by atoms with van der Waals surface area (Å²) in [7, 11) is -3.50. The molecule has 0 radical (unpaired) electrons. The molecule has 0 aliphatic heterocycles. The topological polar surface area (TPSA) is 65.1 Å². The summed E-state index contributed by atoms with van der Waals surface area (Å²) in [6.45, 7) is 9.58. The summed E-state index contributed by atoms with van der Waals surface area (Å²) in [5.74, 6) is -0.185. The number of ether oxygens (including phenoxy) is 1. The summed E-state index contributed by atoms with van der Waals surface area (Å²) >= 11 is 0. The summed E-state index contributed by atoms with van der Waals surface area (Å²) in [4.78, 5) is 14.0. The molecule has 0 N–H and O–H groups in total. The smallest absolute Gasteiger partial charge is 0.365 e. The summed E-state index contributed by atoms with van der Waals surface area (Å²) in [6.07, 6.45) is 0. The van der Waals surface area contributed by atoms with Crippen LogP contribution in [-0.4, -0.2) is 43.7 Å². The summed E-state index contributed by atoms with van der Waals surface area (Å²) in [6, 6.07) is 6.62. The highest BCUT2D eigenvalue weighted by atomic mass is 31.2. The van der Waals surface area contributed by atoms with Gasteiger partial charge in [-0.3, -0.25) is 14.3 Å². The lowest BCUT2D eigenvalue weighted by atomic mass is 10.3. The van der Waals surface area contributed by atoms with Crippen LogP contribution in [0, 0.1) is 0 Å². The Morgan fingerprint density at radius 2 is 1.61 bits per heavy atom. The maximum atomic E-state index is 12.9. The number of carbonyl (C=O) groups is 1. The van der Waals surface area contributed by atoms with Crippen molar-refractivity contribution in [3.8, 4) is 5.75 Å². The van der Waals surface area contributed by atoms with Gasteiger partial charge in [0.1, 0.15) is 11.1 Å². The van der Waals surface area contributed by atoms with E-state index in [4.69, 9.17) is 13.8 Å². The molecule has 0 aliphatic rings. The van der Waals surface area contributed by atoms with E-state index in [-0.39, 0.29) is 30.8 Å². The van der Waals surface area contributed by atoms with Crippen LogP contribution in [0.1, 0.15) is 27.7 Å². The van der Waals surface area contributed by atoms with Crippen molar-refractivity contribution in [3.63, 3.8) is 0 Å². The summed E-state index contributed by atoms with van der Waals surface area (Å²) in [5, 5.41) is 0.275. The molecule has 0 saturated heterocycles. The van der Waals surface area contributed by atoms with Crippen molar-refractivity contribution in [1.29, 1.82) is 0 Å². The molecule has 0 heterocycles. The first-order valence-corrected chi connectivity index (χ1v) is 9.46. The maximum absolute atomic E-state index is 12.9. The normalized spacial score (nSPS) is 11.7. The minimum atomic E-state index is -3.50. The van der Waals surface area contributed by atoms with E-state index in [2.05, 4.69) is 0 Å². The molecular weight excluding hydrogens is 317 g/mol. The molecule has 1 aromatic carbocycles. The highest BCUT2D eigenvalue weighted by Crippen LogP contribution is 2.49. The molecule has 0 atom stereocenters. The zero-order chi connectivity index (χ0) is 17.3. The second-order valence-electron chi connectivity index (χ2n) is 4.74. The van der Waals surface area contributed by atoms with E-state index in [1.807, 2.05) is 18.7 Å². The predicted molar refractivity (Wildman–Crippen MR) is 90.4 cm³/mol. The van der Waals surface area contributed by atoms with Crippen molar-refractivity contribution in [2.75, 3.05) is 32.8 Å². The zero-order valence-corrected chi connectivity index (χ0v) is 15.2. The van der Waals surface area contributed by atoms with Crippen LogP contribution in [0.15, 0.2) is 24.3 Å². The third kappa shape index (κ3) is 5.74. The molecule has 130 valence electrons. The van der Waals surface area contributed by atoms with Gasteiger partial charge in [-0.15, -0.1) is 0 Å². The quantitative estimate of drug-likeness (QED) is 0.370. The van der Waals surface area contributed by atoms with Crippen LogP contribution in [0.3, 0.4) is 0 Å². The lowest BCUT2D eigenvalue weighted by Gasteiger charge is -2.20. The molecule has 0 amide bonds. The van der Waals surface area contributed by atoms with E-state index in [0.29, 0.717) is 0 Å². The number of likely N-dealkylation sites (N-methyl/N-ethyl adjacent to an activating group) is 1. The first kappa shape index (κ1) is 19.8. The Morgan fingerprint density at radius 1 is 1.04 bits per heavy atom. The molecular formula is C16H26NO5P. The lowest BCUT2D eigenvalue weighted by molar-refractivity contribution is -0.135. The molecule has 7 heteroatoms. The van der Waals surface area contributed by atoms with E-state index in [0.717, 1.165) is 13.1 Å². The van der Waals surface area contributed by atoms with Crippen molar-refractivity contribution in [1.82, 2.24) is 4.90 Å². The van der Waals surface area contributed by atoms with Gasteiger partial charge in [0.15, 0.2) is 0 Å². The Hall–Kier alpha value is -1.20. The van der Waals surface area contributed by atoms with Crippen LogP contribution in [0.4, 0.5) is 0 Å². The Labute approximate surface area is 138 Å². The fraction of sp³-hybridized carbons (Fsp3) is 0.562. The predicted octanol–water partition coefficient (Wildman–Crippen LogP) is 2.83. The molecule has 0 saturated carbocycles. The van der Waals surface area contributed by atoms with Crippen molar-refractivity contribution < 1.29 is 23.1 Å². The first-order chi connectivity index (χ1) is 11.0. The van der Waals surface area contributed by atoms with E-state index < -0.39 is 13.6 Å². The fourth-order valence-electron chi connectivity index (χ4n) is 2.07. The van der Waals surface area contributed by atoms with Gasteiger partial charge in [0.25, 0.3) is 0 Å². The van der Waals surface area contributed by atoms with Gasteiger partial charge in [0, 0.05) is 0 Å². The average Bonchev–Trinajstić information content (AvgIpc) is 2.53. The molecule has 0 aliphatic carbocycles. The number of carbonyl (C=O) groups excluding carboxylic acids is 1. The highest BCUT2D eigenvalue weighted by Gasteiger charge is 2.31. The molecule has 1 aromatic rings. The number of nitrogens with zero attached hydrogens (tertiary/aromatic N) is 1. The standard InChI is InChI=1S/C16H26NO5P/c1-5-17(6-2)13-16(18)22-14-11-9-10-12-15(14)23(19,20-7-3)21-8-4/h9-12H,5-8,13H2,1-4H3. The molecule has 0 spiro atoms. The van der Waals surface area contributed by atoms with Crippen molar-refractivity contribution in [2.45, 2.75) is 27.7 Å². The van der Waals surface area contributed by atoms with Gasteiger partial charge in [-0.25, -0.2) is 0 Å². The van der Waals surface area contributed by atoms with Crippen LogP contribution < -0.4 is 10.0 Å². The number of rotatable bonds is 10. The van der Waals surface area contributed by atoms with E-state index >= 15 is 0 Å². The van der Waals surface area contributed by atoms with Crippen molar-refractivity contribution in [3.05, 3.63) is 24.3 Å². The monoisotopic (exact) mass is 343 g/mol. The van der Waals surface area contributed by atoms with Gasteiger partial charge in [-0.2, -0.15) is 0 Å². The van der Waals surface area contributed by atoms with E-state index in [1.54, 1.807) is 38.1 Å². The minimum absolute atomic E-state index is 0.176. The number of hydrogen-bond donors (Lipinski definition) is 0. The highest BCUT2D eigenvalue weighted by molar-refractivity contribution is 7.62. The third-order valence-corrected chi connectivity index (χ3v) is 5.39. The van der Waals surface area contributed by atoms with E-state index in [1.165, 1.54) is 0 Å². The second kappa shape index (κ2) is 9.83. The number of para-hydroxylation sites is 1. The second-order valence-corrected chi connectivity index (χ2v) is 6.73. The van der Waals surface area contributed by atoms with Crippen molar-refractivity contribution in [2.24, 2.45) is 0 Å². The molecule has 23 heavy (non-hydrogen) atoms. The first-order valence-electron chi connectivity index (χ1n) is 7.92. The van der Waals surface area contributed by atoms with Crippen LogP contribution in [0.25, 0.3) is 0 Å². The molecule has 6 nitrogen and oxygen atoms in total. The van der Waals surface area contributed by atoms with Gasteiger partial charge in [0.2, 0.25) is 0 Å². The van der Waals surface area contributed by atoms with Crippen LogP contribution in [0.5, 0.6) is 5.75 Å². The lowest BCUT2D eigenvalue weighted by Crippen LogP contribution is -2.32. The van der Waals surface area contributed by atoms with Crippen molar-refractivity contribution >= 4 is 18.9 Å². The average molecular weight is 343 g/mol.